The maximum atomic E-state index is 13.1. The molecule has 0 bridgehead atoms. The van der Waals surface area contributed by atoms with Crippen molar-refractivity contribution in [1.29, 1.82) is 0 Å². The summed E-state index contributed by atoms with van der Waals surface area (Å²) in [6.45, 7) is 1.35. The molecule has 5 heteroatoms. The predicted octanol–water partition coefficient (Wildman–Crippen LogP) is 2.77. The Hall–Kier alpha value is -0.980. The summed E-state index contributed by atoms with van der Waals surface area (Å²) in [6.07, 6.45) is 0. The van der Waals surface area contributed by atoms with Gasteiger partial charge in [-0.2, -0.15) is 0 Å². The Kier molecular flexibility index (Phi) is 2.26. The summed E-state index contributed by atoms with van der Waals surface area (Å²) in [5.74, 6) is -0.612. The monoisotopic (exact) mass is 305 g/mol. The number of hydrogen-bond acceptors (Lipinski definition) is 3. The van der Waals surface area contributed by atoms with Crippen LogP contribution in [0.4, 0.5) is 4.39 Å². The van der Waals surface area contributed by atoms with Gasteiger partial charge in [0.15, 0.2) is 5.58 Å². The zero-order valence-electron chi connectivity index (χ0n) is 7.17. The molecule has 0 atom stereocenters. The molecular weight excluding hydrogens is 300 g/mol. The van der Waals surface area contributed by atoms with Crippen LogP contribution < -0.4 is 0 Å². The highest BCUT2D eigenvalue weighted by Gasteiger charge is 2.11. The van der Waals surface area contributed by atoms with Crippen molar-refractivity contribution in [3.63, 3.8) is 0 Å². The summed E-state index contributed by atoms with van der Waals surface area (Å²) in [7, 11) is 0. The highest BCUT2D eigenvalue weighted by molar-refractivity contribution is 14.1. The first-order valence-corrected chi connectivity index (χ1v) is 4.92. The first-order chi connectivity index (χ1) is 6.58. The van der Waals surface area contributed by atoms with Crippen molar-refractivity contribution in [3.8, 4) is 0 Å². The van der Waals surface area contributed by atoms with E-state index in [-0.39, 0.29) is 17.5 Å². The van der Waals surface area contributed by atoms with Crippen LogP contribution in [0.25, 0.3) is 11.1 Å². The molecule has 0 saturated carbocycles. The molecule has 0 aliphatic rings. The summed E-state index contributed by atoms with van der Waals surface area (Å²) < 4.78 is 18.7. The fourth-order valence-electron chi connectivity index (χ4n) is 1.07. The number of Topliss-reactive ketones (excluding diaryl/α,β-unsaturated/α-hetero) is 1. The van der Waals surface area contributed by atoms with Gasteiger partial charge >= 0.3 is 0 Å². The zero-order valence-corrected chi connectivity index (χ0v) is 9.33. The van der Waals surface area contributed by atoms with Crippen molar-refractivity contribution in [2.75, 3.05) is 0 Å². The Labute approximate surface area is 92.4 Å². The van der Waals surface area contributed by atoms with Crippen LogP contribution in [0.1, 0.15) is 17.6 Å². The minimum atomic E-state index is -0.360. The van der Waals surface area contributed by atoms with Gasteiger partial charge in [0.05, 0.1) is 3.57 Å². The molecule has 2 rings (SSSR count). The third kappa shape index (κ3) is 1.52. The Bertz CT molecular complexity index is 482. The smallest absolute Gasteiger partial charge is 0.263 e. The lowest BCUT2D eigenvalue weighted by Crippen LogP contribution is -1.89. The molecule has 1 heterocycles. The number of oxazole rings is 1. The van der Waals surface area contributed by atoms with Crippen LogP contribution in [0, 0.1) is 9.39 Å². The van der Waals surface area contributed by atoms with E-state index >= 15 is 0 Å². The van der Waals surface area contributed by atoms with E-state index in [1.165, 1.54) is 19.1 Å². The molecule has 0 saturated heterocycles. The number of aromatic nitrogens is 1. The molecule has 0 aliphatic heterocycles. The van der Waals surface area contributed by atoms with Gasteiger partial charge in [-0.15, -0.1) is 0 Å². The van der Waals surface area contributed by atoms with Gasteiger partial charge in [-0.25, -0.2) is 9.37 Å². The second-order valence-corrected chi connectivity index (χ2v) is 3.97. The number of carbonyl (C=O) groups excluding carboxylic acids is 1. The number of fused-ring (bicyclic) bond motifs is 1. The van der Waals surface area contributed by atoms with Crippen LogP contribution in [-0.4, -0.2) is 10.8 Å². The van der Waals surface area contributed by atoms with Gasteiger partial charge in [-0.1, -0.05) is 0 Å². The number of rotatable bonds is 1. The molecule has 0 radical (unpaired) electrons. The molecule has 0 spiro atoms. The number of halogens is 2. The molecule has 0 aliphatic carbocycles. The highest BCUT2D eigenvalue weighted by Crippen LogP contribution is 2.21. The van der Waals surface area contributed by atoms with Crippen LogP contribution in [0.2, 0.25) is 0 Å². The average molecular weight is 305 g/mol. The first-order valence-electron chi connectivity index (χ1n) is 3.84. The number of benzene rings is 1. The Morgan fingerprint density at radius 3 is 2.93 bits per heavy atom. The SMILES string of the molecule is CC(=O)c1nc2cc(F)c(I)cc2o1. The van der Waals surface area contributed by atoms with Gasteiger partial charge in [-0.3, -0.25) is 4.79 Å². The van der Waals surface area contributed by atoms with Crippen molar-refractivity contribution in [1.82, 2.24) is 4.98 Å². The van der Waals surface area contributed by atoms with E-state index < -0.39 is 0 Å². The fourth-order valence-corrected chi connectivity index (χ4v) is 1.51. The van der Waals surface area contributed by atoms with E-state index in [0.29, 0.717) is 14.7 Å². The Balaban J connectivity index is 2.72. The van der Waals surface area contributed by atoms with Gasteiger partial charge < -0.3 is 4.42 Å². The Morgan fingerprint density at radius 2 is 2.29 bits per heavy atom. The molecule has 14 heavy (non-hydrogen) atoms. The number of carbonyl (C=O) groups is 1. The lowest BCUT2D eigenvalue weighted by Gasteiger charge is -1.90. The van der Waals surface area contributed by atoms with E-state index in [2.05, 4.69) is 4.98 Å². The molecule has 3 nitrogen and oxygen atoms in total. The van der Waals surface area contributed by atoms with Crippen molar-refractivity contribution in [2.45, 2.75) is 6.92 Å². The minimum absolute atomic E-state index is 0.0152. The highest BCUT2D eigenvalue weighted by atomic mass is 127. The molecule has 1 aromatic heterocycles. The van der Waals surface area contributed by atoms with Gasteiger partial charge in [0.1, 0.15) is 11.3 Å². The van der Waals surface area contributed by atoms with Crippen molar-refractivity contribution in [3.05, 3.63) is 27.4 Å². The third-order valence-electron chi connectivity index (χ3n) is 1.73. The fraction of sp³-hybridized carbons (Fsp3) is 0.111. The second-order valence-electron chi connectivity index (χ2n) is 2.81. The standard InChI is InChI=1S/C9H5FINO2/c1-4(13)9-12-7-2-5(10)6(11)3-8(7)14-9/h2-3H,1H3. The summed E-state index contributed by atoms with van der Waals surface area (Å²) in [5, 5.41) is 0. The van der Waals surface area contributed by atoms with Gasteiger partial charge in [0.25, 0.3) is 5.89 Å². The number of hydrogen-bond donors (Lipinski definition) is 0. The molecular formula is C9H5FINO2. The van der Waals surface area contributed by atoms with E-state index in [1.54, 1.807) is 0 Å². The molecule has 0 fully saturated rings. The van der Waals surface area contributed by atoms with Crippen LogP contribution in [0.3, 0.4) is 0 Å². The number of ketones is 1. The van der Waals surface area contributed by atoms with Crippen LogP contribution >= 0.6 is 22.6 Å². The van der Waals surface area contributed by atoms with Gasteiger partial charge in [0, 0.05) is 13.0 Å². The number of nitrogens with zero attached hydrogens (tertiary/aromatic N) is 1. The summed E-state index contributed by atoms with van der Waals surface area (Å²) in [6, 6.07) is 2.78. The van der Waals surface area contributed by atoms with Crippen LogP contribution in [0.5, 0.6) is 0 Å². The first kappa shape index (κ1) is 9.57. The molecule has 2 aromatic rings. The molecule has 72 valence electrons. The van der Waals surface area contributed by atoms with Crippen molar-refractivity contribution >= 4 is 39.5 Å². The normalized spacial score (nSPS) is 10.8. The van der Waals surface area contributed by atoms with E-state index in [0.717, 1.165) is 0 Å². The van der Waals surface area contributed by atoms with E-state index in [1.807, 2.05) is 22.6 Å². The van der Waals surface area contributed by atoms with Gasteiger partial charge in [-0.05, 0) is 28.7 Å². The van der Waals surface area contributed by atoms with Crippen LogP contribution in [-0.2, 0) is 0 Å². The molecule has 0 amide bonds. The largest absolute Gasteiger partial charge is 0.434 e. The van der Waals surface area contributed by atoms with Gasteiger partial charge in [0.2, 0.25) is 5.78 Å². The Morgan fingerprint density at radius 1 is 1.57 bits per heavy atom. The zero-order chi connectivity index (χ0) is 10.3. The molecule has 0 unspecified atom stereocenters. The lowest BCUT2D eigenvalue weighted by molar-refractivity contribution is 0.0983. The lowest BCUT2D eigenvalue weighted by atomic mass is 10.3. The maximum Gasteiger partial charge on any atom is 0.263 e. The topological polar surface area (TPSA) is 43.1 Å². The van der Waals surface area contributed by atoms with Crippen LogP contribution in [0.15, 0.2) is 16.5 Å². The maximum absolute atomic E-state index is 13.1. The van der Waals surface area contributed by atoms with Crippen molar-refractivity contribution < 1.29 is 13.6 Å². The van der Waals surface area contributed by atoms with E-state index in [9.17, 15) is 9.18 Å². The summed E-state index contributed by atoms with van der Waals surface area (Å²) in [4.78, 5) is 14.8. The summed E-state index contributed by atoms with van der Waals surface area (Å²) >= 11 is 1.85. The average Bonchev–Trinajstić information content (AvgIpc) is 2.48. The van der Waals surface area contributed by atoms with E-state index in [4.69, 9.17) is 4.42 Å². The molecule has 0 N–H and O–H groups in total. The summed E-state index contributed by atoms with van der Waals surface area (Å²) in [5.41, 5.74) is 0.800. The third-order valence-corrected chi connectivity index (χ3v) is 2.56. The predicted molar refractivity (Wildman–Crippen MR) is 56.7 cm³/mol. The van der Waals surface area contributed by atoms with Crippen molar-refractivity contribution in [2.24, 2.45) is 0 Å². The molecule has 1 aromatic carbocycles. The minimum Gasteiger partial charge on any atom is -0.434 e. The quantitative estimate of drug-likeness (QED) is 0.601. The second kappa shape index (κ2) is 3.30.